The first-order valence-corrected chi connectivity index (χ1v) is 7.37. The number of nitrogens with zero attached hydrogens (tertiary/aromatic N) is 2. The molecule has 1 unspecified atom stereocenters. The molecule has 1 aliphatic rings. The Morgan fingerprint density at radius 1 is 1.64 bits per heavy atom. The van der Waals surface area contributed by atoms with Crippen LogP contribution in [0.3, 0.4) is 0 Å². The molecule has 0 aliphatic carbocycles. The number of oxime groups is 1. The van der Waals surface area contributed by atoms with Crippen molar-refractivity contribution in [3.63, 3.8) is 0 Å². The Hall–Kier alpha value is -2.20. The first-order chi connectivity index (χ1) is 10.4. The third-order valence-corrected chi connectivity index (χ3v) is 3.54. The number of ether oxygens (including phenoxy) is 1. The van der Waals surface area contributed by atoms with E-state index in [-0.39, 0.29) is 24.1 Å². The second-order valence-corrected chi connectivity index (χ2v) is 5.72. The minimum absolute atomic E-state index is 0.0715. The molecule has 1 aromatic rings. The molecule has 4 N–H and O–H groups in total. The molecule has 2 amide bonds. The number of rotatable bonds is 6. The number of anilines is 1. The van der Waals surface area contributed by atoms with E-state index in [1.54, 1.807) is 19.2 Å². The average Bonchev–Trinajstić information content (AvgIpc) is 2.89. The van der Waals surface area contributed by atoms with Crippen molar-refractivity contribution in [1.29, 1.82) is 0 Å². The van der Waals surface area contributed by atoms with Gasteiger partial charge in [-0.25, -0.2) is 4.98 Å². The summed E-state index contributed by atoms with van der Waals surface area (Å²) in [6, 6.07) is 0. The molecular weight excluding hydrogens is 310 g/mol. The van der Waals surface area contributed by atoms with Crippen molar-refractivity contribution >= 4 is 34.0 Å². The van der Waals surface area contributed by atoms with E-state index in [0.29, 0.717) is 5.13 Å². The fourth-order valence-corrected chi connectivity index (χ4v) is 2.19. The SMILES string of the molecule is COC1(NC(=O)C(=NOC(C)C)c2csc(N)n2)CNC1=O. The number of hydrogen-bond donors (Lipinski definition) is 3. The van der Waals surface area contributed by atoms with E-state index in [1.807, 2.05) is 0 Å². The Labute approximate surface area is 130 Å². The highest BCUT2D eigenvalue weighted by Gasteiger charge is 2.49. The monoisotopic (exact) mass is 327 g/mol. The van der Waals surface area contributed by atoms with Gasteiger partial charge in [0.25, 0.3) is 11.8 Å². The van der Waals surface area contributed by atoms with Crippen LogP contribution in [0.1, 0.15) is 19.5 Å². The van der Waals surface area contributed by atoms with Gasteiger partial charge in [-0.1, -0.05) is 5.16 Å². The zero-order valence-corrected chi connectivity index (χ0v) is 13.2. The second-order valence-electron chi connectivity index (χ2n) is 4.83. The minimum Gasteiger partial charge on any atom is -0.392 e. The molecular formula is C12H17N5O4S. The van der Waals surface area contributed by atoms with Gasteiger partial charge in [0.1, 0.15) is 11.8 Å². The molecule has 2 rings (SSSR count). The summed E-state index contributed by atoms with van der Waals surface area (Å²) in [7, 11) is 1.33. The molecule has 0 bridgehead atoms. The Morgan fingerprint density at radius 3 is 2.77 bits per heavy atom. The first kappa shape index (κ1) is 16.2. The number of carbonyl (C=O) groups excluding carboxylic acids is 2. The number of thiazole rings is 1. The maximum atomic E-state index is 12.4. The Balaban J connectivity index is 2.23. The van der Waals surface area contributed by atoms with E-state index in [9.17, 15) is 9.59 Å². The van der Waals surface area contributed by atoms with Crippen LogP contribution in [0.15, 0.2) is 10.5 Å². The van der Waals surface area contributed by atoms with Gasteiger partial charge in [-0.05, 0) is 13.8 Å². The van der Waals surface area contributed by atoms with Crippen molar-refractivity contribution in [3.05, 3.63) is 11.1 Å². The highest BCUT2D eigenvalue weighted by atomic mass is 32.1. The highest BCUT2D eigenvalue weighted by Crippen LogP contribution is 2.16. The molecule has 1 aliphatic heterocycles. The van der Waals surface area contributed by atoms with Crippen molar-refractivity contribution in [3.8, 4) is 0 Å². The molecule has 9 nitrogen and oxygen atoms in total. The zero-order valence-electron chi connectivity index (χ0n) is 12.4. The van der Waals surface area contributed by atoms with Crippen molar-refractivity contribution in [2.75, 3.05) is 19.4 Å². The molecule has 22 heavy (non-hydrogen) atoms. The van der Waals surface area contributed by atoms with Crippen LogP contribution in [-0.4, -0.2) is 48.0 Å². The first-order valence-electron chi connectivity index (χ1n) is 6.49. The van der Waals surface area contributed by atoms with Crippen LogP contribution in [0, 0.1) is 0 Å². The van der Waals surface area contributed by atoms with E-state index in [1.165, 1.54) is 18.4 Å². The van der Waals surface area contributed by atoms with Crippen LogP contribution in [0.4, 0.5) is 5.13 Å². The topological polar surface area (TPSA) is 128 Å². The van der Waals surface area contributed by atoms with Crippen molar-refractivity contribution in [1.82, 2.24) is 15.6 Å². The van der Waals surface area contributed by atoms with Crippen LogP contribution in [-0.2, 0) is 19.2 Å². The average molecular weight is 327 g/mol. The van der Waals surface area contributed by atoms with E-state index < -0.39 is 17.5 Å². The molecule has 0 spiro atoms. The summed E-state index contributed by atoms with van der Waals surface area (Å²) in [4.78, 5) is 33.2. The third kappa shape index (κ3) is 3.17. The third-order valence-electron chi connectivity index (χ3n) is 2.86. The van der Waals surface area contributed by atoms with Crippen LogP contribution < -0.4 is 16.4 Å². The summed E-state index contributed by atoms with van der Waals surface area (Å²) in [5.41, 5.74) is 4.38. The van der Waals surface area contributed by atoms with Gasteiger partial charge < -0.3 is 25.9 Å². The van der Waals surface area contributed by atoms with Gasteiger partial charge in [0.2, 0.25) is 5.72 Å². The van der Waals surface area contributed by atoms with Crippen molar-refractivity contribution in [2.45, 2.75) is 25.7 Å². The normalized spacial score (nSPS) is 21.3. The molecule has 1 atom stereocenters. The minimum atomic E-state index is -1.39. The fraction of sp³-hybridized carbons (Fsp3) is 0.500. The summed E-state index contributed by atoms with van der Waals surface area (Å²) in [6.07, 6.45) is -0.220. The quantitative estimate of drug-likeness (QED) is 0.278. The molecule has 1 aromatic heterocycles. The number of aromatic nitrogens is 1. The lowest BCUT2D eigenvalue weighted by Crippen LogP contribution is -2.74. The smallest absolute Gasteiger partial charge is 0.278 e. The molecule has 0 radical (unpaired) electrons. The lowest BCUT2D eigenvalue weighted by molar-refractivity contribution is -0.165. The number of nitrogens with two attached hydrogens (primary N) is 1. The lowest BCUT2D eigenvalue weighted by atomic mass is 10.1. The van der Waals surface area contributed by atoms with Gasteiger partial charge >= 0.3 is 0 Å². The Kier molecular flexibility index (Phi) is 4.62. The van der Waals surface area contributed by atoms with Crippen LogP contribution in [0.2, 0.25) is 0 Å². The number of amides is 2. The molecule has 0 aromatic carbocycles. The maximum Gasteiger partial charge on any atom is 0.278 e. The predicted octanol–water partition coefficient (Wildman–Crippen LogP) is -0.557. The van der Waals surface area contributed by atoms with Gasteiger partial charge in [0.05, 0.1) is 6.54 Å². The van der Waals surface area contributed by atoms with E-state index >= 15 is 0 Å². The molecule has 2 heterocycles. The number of methoxy groups -OCH3 is 1. The summed E-state index contributed by atoms with van der Waals surface area (Å²) >= 11 is 1.17. The molecule has 1 fully saturated rings. The summed E-state index contributed by atoms with van der Waals surface area (Å²) in [6.45, 7) is 3.71. The molecule has 1 saturated heterocycles. The van der Waals surface area contributed by atoms with Crippen molar-refractivity contribution < 1.29 is 19.2 Å². The van der Waals surface area contributed by atoms with Crippen molar-refractivity contribution in [2.24, 2.45) is 5.16 Å². The van der Waals surface area contributed by atoms with E-state index in [0.717, 1.165) is 0 Å². The number of hydrogen-bond acceptors (Lipinski definition) is 8. The molecule has 120 valence electrons. The fourth-order valence-electron chi connectivity index (χ4n) is 1.64. The summed E-state index contributed by atoms with van der Waals surface area (Å²) < 4.78 is 5.09. The predicted molar refractivity (Wildman–Crippen MR) is 80.2 cm³/mol. The summed E-state index contributed by atoms with van der Waals surface area (Å²) in [5.74, 6) is -1.06. The largest absolute Gasteiger partial charge is 0.392 e. The van der Waals surface area contributed by atoms with Crippen LogP contribution in [0.5, 0.6) is 0 Å². The van der Waals surface area contributed by atoms with Gasteiger partial charge in [-0.3, -0.25) is 9.59 Å². The van der Waals surface area contributed by atoms with E-state index in [2.05, 4.69) is 20.8 Å². The van der Waals surface area contributed by atoms with Gasteiger partial charge in [-0.15, -0.1) is 11.3 Å². The maximum absolute atomic E-state index is 12.4. The van der Waals surface area contributed by atoms with Gasteiger partial charge in [0.15, 0.2) is 10.8 Å². The number of nitrogens with one attached hydrogen (secondary N) is 2. The highest BCUT2D eigenvalue weighted by molar-refractivity contribution is 7.13. The summed E-state index contributed by atoms with van der Waals surface area (Å²) in [5, 5.41) is 10.7. The number of β-lactam (4-membered cyclic amide) rings is 1. The second kappa shape index (κ2) is 6.28. The van der Waals surface area contributed by atoms with Gasteiger partial charge in [0, 0.05) is 12.5 Å². The van der Waals surface area contributed by atoms with Gasteiger partial charge in [-0.2, -0.15) is 0 Å². The zero-order chi connectivity index (χ0) is 16.3. The standard InChI is InChI=1S/C12H17N5O4S/c1-6(2)21-17-8(7-4-22-11(13)15-7)9(18)16-12(20-3)5-14-10(12)19/h4,6H,5H2,1-3H3,(H2,13,15)(H,14,19)(H,16,18). The van der Waals surface area contributed by atoms with Crippen LogP contribution >= 0.6 is 11.3 Å². The lowest BCUT2D eigenvalue weighted by Gasteiger charge is -2.39. The van der Waals surface area contributed by atoms with Crippen LogP contribution in [0.25, 0.3) is 0 Å². The molecule has 10 heteroatoms. The van der Waals surface area contributed by atoms with E-state index in [4.69, 9.17) is 15.3 Å². The number of carbonyl (C=O) groups is 2. The number of nitrogen functional groups attached to an aromatic ring is 1. The Morgan fingerprint density at radius 2 is 2.36 bits per heavy atom. The molecule has 0 saturated carbocycles. The Bertz CT molecular complexity index is 610.